The van der Waals surface area contributed by atoms with Crippen LogP contribution in [-0.2, 0) is 28.5 Å². The highest BCUT2D eigenvalue weighted by Crippen LogP contribution is 2.02. The molecule has 0 saturated heterocycles. The van der Waals surface area contributed by atoms with Gasteiger partial charge in [0.05, 0.1) is 12.5 Å². The zero-order valence-corrected chi connectivity index (χ0v) is 11.8. The SMILES string of the molecule is C=C(COC(C)=O)OCOCCOC(=O)C(C)CC. The Hall–Kier alpha value is -1.56. The van der Waals surface area contributed by atoms with Crippen molar-refractivity contribution in [2.24, 2.45) is 5.92 Å². The molecule has 1 unspecified atom stereocenters. The fraction of sp³-hybridized carbons (Fsp3) is 0.692. The molecule has 0 aliphatic carbocycles. The number of hydrogen-bond donors (Lipinski definition) is 0. The Kier molecular flexibility index (Phi) is 9.52. The van der Waals surface area contributed by atoms with E-state index in [0.717, 1.165) is 6.42 Å². The Morgan fingerprint density at radius 2 is 1.84 bits per heavy atom. The second-order valence-electron chi connectivity index (χ2n) is 3.97. The van der Waals surface area contributed by atoms with Crippen molar-refractivity contribution in [2.75, 3.05) is 26.6 Å². The van der Waals surface area contributed by atoms with E-state index in [0.29, 0.717) is 5.76 Å². The summed E-state index contributed by atoms with van der Waals surface area (Å²) >= 11 is 0. The standard InChI is InChI=1S/C13H22O6/c1-5-10(2)13(15)17-7-6-16-9-19-11(3)8-18-12(4)14/h10H,3,5-9H2,1-2,4H3. The fourth-order valence-corrected chi connectivity index (χ4v) is 0.918. The van der Waals surface area contributed by atoms with E-state index in [2.05, 4.69) is 11.3 Å². The molecule has 0 spiro atoms. The summed E-state index contributed by atoms with van der Waals surface area (Å²) in [6, 6.07) is 0. The van der Waals surface area contributed by atoms with Crippen molar-refractivity contribution >= 4 is 11.9 Å². The van der Waals surface area contributed by atoms with Gasteiger partial charge in [-0.15, -0.1) is 0 Å². The third kappa shape index (κ3) is 10.1. The lowest BCUT2D eigenvalue weighted by atomic mass is 10.1. The highest BCUT2D eigenvalue weighted by atomic mass is 16.7. The fourth-order valence-electron chi connectivity index (χ4n) is 0.918. The van der Waals surface area contributed by atoms with Crippen LogP contribution in [-0.4, -0.2) is 38.6 Å². The second kappa shape index (κ2) is 10.4. The largest absolute Gasteiger partial charge is 0.469 e. The molecule has 1 atom stereocenters. The maximum Gasteiger partial charge on any atom is 0.308 e. The van der Waals surface area contributed by atoms with Crippen LogP contribution in [0.4, 0.5) is 0 Å². The van der Waals surface area contributed by atoms with E-state index in [1.165, 1.54) is 6.92 Å². The molecule has 110 valence electrons. The van der Waals surface area contributed by atoms with Crippen LogP contribution in [0.5, 0.6) is 0 Å². The van der Waals surface area contributed by atoms with E-state index in [9.17, 15) is 9.59 Å². The molecule has 0 rings (SSSR count). The first-order chi connectivity index (χ1) is 8.97. The normalized spacial score (nSPS) is 11.5. The van der Waals surface area contributed by atoms with E-state index >= 15 is 0 Å². The zero-order chi connectivity index (χ0) is 14.7. The van der Waals surface area contributed by atoms with Crippen LogP contribution in [0.25, 0.3) is 0 Å². The third-order valence-corrected chi connectivity index (χ3v) is 2.27. The lowest BCUT2D eigenvalue weighted by Crippen LogP contribution is -2.17. The van der Waals surface area contributed by atoms with E-state index in [-0.39, 0.29) is 38.5 Å². The summed E-state index contributed by atoms with van der Waals surface area (Å²) in [4.78, 5) is 21.8. The molecule has 0 bridgehead atoms. The van der Waals surface area contributed by atoms with Crippen molar-refractivity contribution in [3.8, 4) is 0 Å². The lowest BCUT2D eigenvalue weighted by molar-refractivity contribution is -0.151. The van der Waals surface area contributed by atoms with Gasteiger partial charge in [0.2, 0.25) is 0 Å². The molecule has 0 aromatic rings. The molecule has 0 amide bonds. The molecule has 0 aromatic carbocycles. The van der Waals surface area contributed by atoms with Crippen molar-refractivity contribution < 1.29 is 28.5 Å². The third-order valence-electron chi connectivity index (χ3n) is 2.27. The van der Waals surface area contributed by atoms with Crippen LogP contribution in [0.3, 0.4) is 0 Å². The average molecular weight is 274 g/mol. The minimum Gasteiger partial charge on any atom is -0.469 e. The van der Waals surface area contributed by atoms with Crippen LogP contribution in [0.2, 0.25) is 0 Å². The van der Waals surface area contributed by atoms with Gasteiger partial charge in [-0.05, 0) is 6.42 Å². The Morgan fingerprint density at radius 3 is 2.42 bits per heavy atom. The molecule has 0 radical (unpaired) electrons. The van der Waals surface area contributed by atoms with E-state index in [4.69, 9.17) is 14.2 Å². The van der Waals surface area contributed by atoms with Gasteiger partial charge in [0.25, 0.3) is 0 Å². The van der Waals surface area contributed by atoms with Gasteiger partial charge in [-0.25, -0.2) is 0 Å². The highest BCUT2D eigenvalue weighted by molar-refractivity contribution is 5.71. The molecule has 0 aliphatic heterocycles. The summed E-state index contributed by atoms with van der Waals surface area (Å²) in [7, 11) is 0. The minimum atomic E-state index is -0.400. The Balaban J connectivity index is 3.43. The first-order valence-electron chi connectivity index (χ1n) is 6.15. The van der Waals surface area contributed by atoms with Crippen molar-refractivity contribution in [3.63, 3.8) is 0 Å². The van der Waals surface area contributed by atoms with Gasteiger partial charge in [0.15, 0.2) is 6.79 Å². The molecule has 6 nitrogen and oxygen atoms in total. The molecule has 0 N–H and O–H groups in total. The van der Waals surface area contributed by atoms with Gasteiger partial charge < -0.3 is 18.9 Å². The number of carbonyl (C=O) groups excluding carboxylic acids is 2. The molecular formula is C13H22O6. The van der Waals surface area contributed by atoms with E-state index in [1.54, 1.807) is 0 Å². The van der Waals surface area contributed by atoms with Crippen LogP contribution >= 0.6 is 0 Å². The predicted molar refractivity (Wildman–Crippen MR) is 68.1 cm³/mol. The molecule has 19 heavy (non-hydrogen) atoms. The van der Waals surface area contributed by atoms with Crippen molar-refractivity contribution in [1.82, 2.24) is 0 Å². The number of esters is 2. The summed E-state index contributed by atoms with van der Waals surface area (Å²) in [5.41, 5.74) is 0. The number of hydrogen-bond acceptors (Lipinski definition) is 6. The topological polar surface area (TPSA) is 71.1 Å². The number of carbonyl (C=O) groups is 2. The number of rotatable bonds is 10. The van der Waals surface area contributed by atoms with Crippen LogP contribution in [0, 0.1) is 5.92 Å². The Labute approximate surface area is 113 Å². The van der Waals surface area contributed by atoms with E-state index < -0.39 is 5.97 Å². The smallest absolute Gasteiger partial charge is 0.308 e. The van der Waals surface area contributed by atoms with Crippen molar-refractivity contribution in [1.29, 1.82) is 0 Å². The second-order valence-corrected chi connectivity index (χ2v) is 3.97. The average Bonchev–Trinajstić information content (AvgIpc) is 2.38. The predicted octanol–water partition coefficient (Wildman–Crippen LogP) is 1.64. The van der Waals surface area contributed by atoms with E-state index in [1.807, 2.05) is 13.8 Å². The monoisotopic (exact) mass is 274 g/mol. The van der Waals surface area contributed by atoms with Crippen molar-refractivity contribution in [3.05, 3.63) is 12.3 Å². The van der Waals surface area contributed by atoms with Gasteiger partial charge in [0, 0.05) is 6.92 Å². The molecule has 0 fully saturated rings. The highest BCUT2D eigenvalue weighted by Gasteiger charge is 2.11. The molecule has 0 heterocycles. The first-order valence-corrected chi connectivity index (χ1v) is 6.15. The molecular weight excluding hydrogens is 252 g/mol. The van der Waals surface area contributed by atoms with Gasteiger partial charge >= 0.3 is 11.9 Å². The first kappa shape index (κ1) is 17.4. The summed E-state index contributed by atoms with van der Waals surface area (Å²) < 4.78 is 19.7. The summed E-state index contributed by atoms with van der Waals surface area (Å²) in [6.45, 7) is 8.97. The Bertz CT molecular complexity index is 300. The van der Waals surface area contributed by atoms with Gasteiger partial charge in [-0.1, -0.05) is 20.4 Å². The summed E-state index contributed by atoms with van der Waals surface area (Å²) in [5, 5.41) is 0. The molecule has 0 aliphatic rings. The quantitative estimate of drug-likeness (QED) is 0.261. The lowest BCUT2D eigenvalue weighted by Gasteiger charge is -2.11. The van der Waals surface area contributed by atoms with Gasteiger partial charge in [-0.2, -0.15) is 0 Å². The number of ether oxygens (including phenoxy) is 4. The molecule has 0 aromatic heterocycles. The maximum atomic E-state index is 11.3. The van der Waals surface area contributed by atoms with Crippen LogP contribution < -0.4 is 0 Å². The zero-order valence-electron chi connectivity index (χ0n) is 11.8. The summed E-state index contributed by atoms with van der Waals surface area (Å²) in [5.74, 6) is -0.430. The van der Waals surface area contributed by atoms with Gasteiger partial charge in [0.1, 0.15) is 19.0 Å². The molecule has 6 heteroatoms. The molecule has 0 saturated carbocycles. The van der Waals surface area contributed by atoms with Crippen LogP contribution in [0.15, 0.2) is 12.3 Å². The maximum absolute atomic E-state index is 11.3. The minimum absolute atomic E-state index is 0.00168. The Morgan fingerprint density at radius 1 is 1.16 bits per heavy atom. The van der Waals surface area contributed by atoms with Crippen LogP contribution in [0.1, 0.15) is 27.2 Å². The van der Waals surface area contributed by atoms with Gasteiger partial charge in [-0.3, -0.25) is 9.59 Å². The summed E-state index contributed by atoms with van der Waals surface area (Å²) in [6.07, 6.45) is 0.749. The van der Waals surface area contributed by atoms with Crippen molar-refractivity contribution in [2.45, 2.75) is 27.2 Å².